The number of carbonyl (C=O) groups is 1. The summed E-state index contributed by atoms with van der Waals surface area (Å²) in [6.07, 6.45) is 0.982. The Morgan fingerprint density at radius 2 is 2.07 bits per heavy atom. The molecule has 1 aromatic carbocycles. The van der Waals surface area contributed by atoms with E-state index in [1.807, 2.05) is 23.9 Å². The molecule has 0 bridgehead atoms. The van der Waals surface area contributed by atoms with Crippen molar-refractivity contribution < 1.29 is 23.8 Å². The normalized spacial score (nSPS) is 19.9. The molecule has 8 nitrogen and oxygen atoms in total. The number of anilines is 1. The molecule has 9 heteroatoms. The van der Waals surface area contributed by atoms with E-state index in [1.54, 1.807) is 7.11 Å². The van der Waals surface area contributed by atoms with Gasteiger partial charge in [0.05, 0.1) is 30.2 Å². The van der Waals surface area contributed by atoms with E-state index in [0.29, 0.717) is 13.1 Å². The topological polar surface area (TPSA) is 95.1 Å². The maximum Gasteiger partial charge on any atom is 0.341 e. The summed E-state index contributed by atoms with van der Waals surface area (Å²) in [5.74, 6) is -1.87. The number of halogens is 1. The molecule has 2 heterocycles. The molecule has 0 amide bonds. The van der Waals surface area contributed by atoms with Crippen LogP contribution in [0.25, 0.3) is 10.9 Å². The highest BCUT2D eigenvalue weighted by molar-refractivity contribution is 5.96. The van der Waals surface area contributed by atoms with Gasteiger partial charge in [0.15, 0.2) is 11.6 Å². The smallest absolute Gasteiger partial charge is 0.341 e. The summed E-state index contributed by atoms with van der Waals surface area (Å²) < 4.78 is 26.0. The number of nitrogens with zero attached hydrogens (tertiary/aromatic N) is 2. The van der Waals surface area contributed by atoms with Crippen LogP contribution in [0.5, 0.6) is 5.75 Å². The van der Waals surface area contributed by atoms with Crippen molar-refractivity contribution in [2.75, 3.05) is 46.3 Å². The van der Waals surface area contributed by atoms with Crippen molar-refractivity contribution in [3.8, 4) is 5.75 Å². The Bertz CT molecular complexity index is 943. The van der Waals surface area contributed by atoms with Crippen LogP contribution in [0.4, 0.5) is 10.1 Å². The van der Waals surface area contributed by atoms with E-state index in [0.717, 1.165) is 12.3 Å². The molecule has 0 saturated carbocycles. The molecular weight excluding hydrogens is 357 g/mol. The molecule has 3 rings (SSSR count). The predicted octanol–water partition coefficient (Wildman–Crippen LogP) is 1.14. The maximum absolute atomic E-state index is 15.0. The summed E-state index contributed by atoms with van der Waals surface area (Å²) in [5, 5.41) is 9.04. The summed E-state index contributed by atoms with van der Waals surface area (Å²) >= 11 is 0. The number of H-pyrrole nitrogens is 1. The second-order valence-electron chi connectivity index (χ2n) is 6.71. The van der Waals surface area contributed by atoms with Gasteiger partial charge in [0.1, 0.15) is 11.3 Å². The molecule has 0 radical (unpaired) electrons. The molecule has 1 aliphatic rings. The minimum Gasteiger partial charge on any atom is -0.492 e. The van der Waals surface area contributed by atoms with E-state index < -0.39 is 22.8 Å². The number of fused-ring (bicyclic) bond motifs is 1. The first-order chi connectivity index (χ1) is 12.8. The first kappa shape index (κ1) is 19.1. The van der Waals surface area contributed by atoms with Crippen LogP contribution in [0, 0.1) is 5.82 Å². The highest BCUT2D eigenvalue weighted by atomic mass is 19.1. The Labute approximate surface area is 155 Å². The van der Waals surface area contributed by atoms with Gasteiger partial charge >= 0.3 is 5.97 Å². The maximum atomic E-state index is 15.0. The number of carboxylic acid groups (broad SMARTS) is 1. The molecule has 1 saturated heterocycles. The average molecular weight is 379 g/mol. The fraction of sp³-hybridized carbons (Fsp3) is 0.444. The fourth-order valence-electron chi connectivity index (χ4n) is 3.61. The van der Waals surface area contributed by atoms with E-state index >= 15 is 4.39 Å². The zero-order valence-corrected chi connectivity index (χ0v) is 15.6. The van der Waals surface area contributed by atoms with Crippen LogP contribution in [0.3, 0.4) is 0 Å². The number of aromatic amines is 1. The van der Waals surface area contributed by atoms with Gasteiger partial charge in [-0.15, -0.1) is 0 Å². The van der Waals surface area contributed by atoms with E-state index in [2.05, 4.69) is 4.98 Å². The summed E-state index contributed by atoms with van der Waals surface area (Å²) in [5.41, 5.74) is -0.742. The van der Waals surface area contributed by atoms with Gasteiger partial charge in [-0.25, -0.2) is 9.18 Å². The molecule has 0 spiro atoms. The Hall–Kier alpha value is -2.65. The van der Waals surface area contributed by atoms with E-state index in [1.165, 1.54) is 7.11 Å². The molecule has 2 unspecified atom stereocenters. The largest absolute Gasteiger partial charge is 0.492 e. The first-order valence-electron chi connectivity index (χ1n) is 8.39. The number of ether oxygens (including phenoxy) is 2. The van der Waals surface area contributed by atoms with Crippen LogP contribution in [-0.2, 0) is 4.74 Å². The Morgan fingerprint density at radius 1 is 1.37 bits per heavy atom. The molecule has 1 fully saturated rings. The van der Waals surface area contributed by atoms with Gasteiger partial charge < -0.3 is 29.4 Å². The van der Waals surface area contributed by atoms with Crippen molar-refractivity contribution in [3.05, 3.63) is 33.9 Å². The monoisotopic (exact) mass is 379 g/mol. The summed E-state index contributed by atoms with van der Waals surface area (Å²) in [6.45, 7) is 0.970. The lowest BCUT2D eigenvalue weighted by atomic mass is 10.1. The number of hydrogen-bond donors (Lipinski definition) is 2. The Balaban J connectivity index is 2.17. The van der Waals surface area contributed by atoms with Crippen LogP contribution >= 0.6 is 0 Å². The molecule has 2 N–H and O–H groups in total. The molecule has 27 heavy (non-hydrogen) atoms. The lowest BCUT2D eigenvalue weighted by molar-refractivity contribution is 0.0639. The SMILES string of the molecule is COc1c(N2CC(OC)C(N(C)C)C2)c(F)cc2c(=O)c(C(=O)O)c[nH]c12. The van der Waals surface area contributed by atoms with Crippen LogP contribution < -0.4 is 15.1 Å². The number of methoxy groups -OCH3 is 2. The Kier molecular flexibility index (Phi) is 5.07. The molecular formula is C18H22FN3O5. The highest BCUT2D eigenvalue weighted by Gasteiger charge is 2.37. The van der Waals surface area contributed by atoms with Crippen molar-refractivity contribution in [1.82, 2.24) is 9.88 Å². The van der Waals surface area contributed by atoms with Crippen molar-refractivity contribution in [2.45, 2.75) is 12.1 Å². The number of aromatic carboxylic acids is 1. The van der Waals surface area contributed by atoms with Crippen LogP contribution in [-0.4, -0.2) is 74.5 Å². The van der Waals surface area contributed by atoms with Gasteiger partial charge in [-0.1, -0.05) is 0 Å². The quantitative estimate of drug-likeness (QED) is 0.804. The molecule has 1 aromatic heterocycles. The number of nitrogens with one attached hydrogen (secondary N) is 1. The molecule has 2 atom stereocenters. The van der Waals surface area contributed by atoms with Crippen molar-refractivity contribution in [3.63, 3.8) is 0 Å². The number of hydrogen-bond acceptors (Lipinski definition) is 6. The van der Waals surface area contributed by atoms with Gasteiger partial charge in [0, 0.05) is 26.4 Å². The van der Waals surface area contributed by atoms with Gasteiger partial charge in [-0.2, -0.15) is 0 Å². The van der Waals surface area contributed by atoms with Gasteiger partial charge in [0.2, 0.25) is 5.43 Å². The third kappa shape index (κ3) is 3.13. The number of aromatic nitrogens is 1. The summed E-state index contributed by atoms with van der Waals surface area (Å²) in [6, 6.07) is 1.12. The van der Waals surface area contributed by atoms with Crippen LogP contribution in [0.15, 0.2) is 17.1 Å². The molecule has 0 aliphatic carbocycles. The predicted molar refractivity (Wildman–Crippen MR) is 98.5 cm³/mol. The van der Waals surface area contributed by atoms with Crippen LogP contribution in [0.1, 0.15) is 10.4 Å². The van der Waals surface area contributed by atoms with E-state index in [-0.39, 0.29) is 34.5 Å². The first-order valence-corrected chi connectivity index (χ1v) is 8.39. The number of likely N-dealkylation sites (N-methyl/N-ethyl adjacent to an activating group) is 1. The van der Waals surface area contributed by atoms with Gasteiger partial charge in [0.25, 0.3) is 0 Å². The zero-order chi connectivity index (χ0) is 19.9. The average Bonchev–Trinajstić information content (AvgIpc) is 3.05. The van der Waals surface area contributed by atoms with Crippen molar-refractivity contribution in [1.29, 1.82) is 0 Å². The van der Waals surface area contributed by atoms with Crippen molar-refractivity contribution in [2.24, 2.45) is 0 Å². The molecule has 2 aromatic rings. The third-order valence-corrected chi connectivity index (χ3v) is 5.01. The standard InChI is InChI=1S/C18H22FN3O5/c1-21(2)12-7-22(8-13(12)26-3)15-11(19)5-9-14(17(15)27-4)20-6-10(16(9)23)18(24)25/h5-6,12-13H,7-8H2,1-4H3,(H,20,23)(H,24,25). The lowest BCUT2D eigenvalue weighted by Crippen LogP contribution is -2.39. The lowest BCUT2D eigenvalue weighted by Gasteiger charge is -2.24. The number of benzene rings is 1. The number of pyridine rings is 1. The Morgan fingerprint density at radius 3 is 2.59 bits per heavy atom. The minimum absolute atomic E-state index is 0.0586. The minimum atomic E-state index is -1.38. The zero-order valence-electron chi connectivity index (χ0n) is 15.6. The third-order valence-electron chi connectivity index (χ3n) is 5.01. The summed E-state index contributed by atoms with van der Waals surface area (Å²) in [7, 11) is 6.86. The fourth-order valence-corrected chi connectivity index (χ4v) is 3.61. The molecule has 146 valence electrons. The summed E-state index contributed by atoms with van der Waals surface area (Å²) in [4.78, 5) is 30.2. The van der Waals surface area contributed by atoms with Crippen molar-refractivity contribution >= 4 is 22.6 Å². The highest BCUT2D eigenvalue weighted by Crippen LogP contribution is 2.39. The van der Waals surface area contributed by atoms with Gasteiger partial charge in [-0.3, -0.25) is 4.79 Å². The van der Waals surface area contributed by atoms with E-state index in [4.69, 9.17) is 14.6 Å². The van der Waals surface area contributed by atoms with Crippen LogP contribution in [0.2, 0.25) is 0 Å². The van der Waals surface area contributed by atoms with Gasteiger partial charge in [-0.05, 0) is 20.2 Å². The second-order valence-corrected chi connectivity index (χ2v) is 6.71. The number of carboxylic acids is 1. The number of rotatable bonds is 5. The second kappa shape index (κ2) is 7.16. The molecule has 1 aliphatic heterocycles. The van der Waals surface area contributed by atoms with E-state index in [9.17, 15) is 9.59 Å².